The number of benzene rings is 2. The van der Waals surface area contributed by atoms with E-state index in [0.717, 1.165) is 6.07 Å². The number of carbonyl (C=O) groups is 1. The predicted molar refractivity (Wildman–Crippen MR) is 73.3 cm³/mol. The second-order valence-electron chi connectivity index (χ2n) is 4.01. The summed E-state index contributed by atoms with van der Waals surface area (Å²) in [6, 6.07) is 10.7. The molecule has 0 aliphatic heterocycles. The molecule has 2 aromatic rings. The molecule has 0 aromatic heterocycles. The molecule has 2 rings (SSSR count). The number of rotatable bonds is 4. The zero-order chi connectivity index (χ0) is 15.5. The molecule has 0 heterocycles. The average Bonchev–Trinajstić information content (AvgIpc) is 2.37. The zero-order valence-corrected chi connectivity index (χ0v) is 11.2. The number of hydrogen-bond donors (Lipinski definition) is 1. The maximum atomic E-state index is 12.5. The van der Waals surface area contributed by atoms with Crippen LogP contribution in [-0.2, 0) is 4.79 Å². The van der Waals surface area contributed by atoms with Gasteiger partial charge in [-0.2, -0.15) is 0 Å². The van der Waals surface area contributed by atoms with Gasteiger partial charge >= 0.3 is 6.36 Å². The van der Waals surface area contributed by atoms with Crippen molar-refractivity contribution >= 4 is 23.7 Å². The minimum atomic E-state index is -4.87. The standard InChI is InChI=1S/C14H9ClF3NO2/c15-11-6-10(19-8-20)7-12(21-14(16,17)18)13(11)9-4-2-1-3-5-9/h1-8H,(H,19,20). The van der Waals surface area contributed by atoms with Gasteiger partial charge in [0.25, 0.3) is 0 Å². The van der Waals surface area contributed by atoms with Gasteiger partial charge in [-0.25, -0.2) is 0 Å². The van der Waals surface area contributed by atoms with E-state index < -0.39 is 12.1 Å². The van der Waals surface area contributed by atoms with E-state index in [2.05, 4.69) is 10.1 Å². The Bertz CT molecular complexity index is 645. The van der Waals surface area contributed by atoms with Crippen LogP contribution >= 0.6 is 11.6 Å². The van der Waals surface area contributed by atoms with Crippen LogP contribution in [0, 0.1) is 0 Å². The molecule has 0 bridgehead atoms. The van der Waals surface area contributed by atoms with E-state index in [1.807, 2.05) is 0 Å². The fourth-order valence-electron chi connectivity index (χ4n) is 1.82. The van der Waals surface area contributed by atoms with E-state index >= 15 is 0 Å². The molecule has 0 aliphatic carbocycles. The molecular formula is C14H9ClF3NO2. The lowest BCUT2D eigenvalue weighted by Crippen LogP contribution is -2.18. The van der Waals surface area contributed by atoms with Gasteiger partial charge in [-0.1, -0.05) is 41.9 Å². The summed E-state index contributed by atoms with van der Waals surface area (Å²) in [5.41, 5.74) is 0.680. The first-order chi connectivity index (χ1) is 9.90. The Balaban J connectivity index is 2.59. The topological polar surface area (TPSA) is 38.3 Å². The molecule has 2 aromatic carbocycles. The fourth-order valence-corrected chi connectivity index (χ4v) is 2.14. The molecule has 1 amide bonds. The zero-order valence-electron chi connectivity index (χ0n) is 10.4. The van der Waals surface area contributed by atoms with Crippen molar-refractivity contribution in [2.45, 2.75) is 6.36 Å². The highest BCUT2D eigenvalue weighted by Gasteiger charge is 2.33. The number of nitrogens with one attached hydrogen (secondary N) is 1. The van der Waals surface area contributed by atoms with Crippen LogP contribution in [0.5, 0.6) is 5.75 Å². The third-order valence-corrected chi connectivity index (χ3v) is 2.87. The van der Waals surface area contributed by atoms with E-state index in [4.69, 9.17) is 11.6 Å². The molecule has 3 nitrogen and oxygen atoms in total. The van der Waals surface area contributed by atoms with Gasteiger partial charge in [0.05, 0.1) is 5.02 Å². The first kappa shape index (κ1) is 15.2. The van der Waals surface area contributed by atoms with Gasteiger partial charge in [-0.05, 0) is 11.6 Å². The van der Waals surface area contributed by atoms with Crippen LogP contribution in [0.25, 0.3) is 11.1 Å². The summed E-state index contributed by atoms with van der Waals surface area (Å²) in [5.74, 6) is -0.481. The maximum Gasteiger partial charge on any atom is 0.573 e. The molecule has 1 N–H and O–H groups in total. The summed E-state index contributed by atoms with van der Waals surface area (Å²) < 4.78 is 41.6. The Kier molecular flexibility index (Phi) is 4.37. The monoisotopic (exact) mass is 315 g/mol. The van der Waals surface area contributed by atoms with Crippen LogP contribution in [0.1, 0.15) is 0 Å². The SMILES string of the molecule is O=CNc1cc(Cl)c(-c2ccccc2)c(OC(F)(F)F)c1. The molecule has 0 aliphatic rings. The van der Waals surface area contributed by atoms with E-state index in [-0.39, 0.29) is 16.3 Å². The molecule has 0 saturated heterocycles. The van der Waals surface area contributed by atoms with Crippen molar-refractivity contribution in [2.24, 2.45) is 0 Å². The molecule has 0 radical (unpaired) electrons. The first-order valence-electron chi connectivity index (χ1n) is 5.75. The molecule has 0 fully saturated rings. The third kappa shape index (κ3) is 3.88. The summed E-state index contributed by atoms with van der Waals surface area (Å²) in [4.78, 5) is 10.4. The van der Waals surface area contributed by atoms with E-state index in [0.29, 0.717) is 12.0 Å². The molecule has 110 valence electrons. The summed E-state index contributed by atoms with van der Waals surface area (Å²) in [5, 5.41) is 2.28. The number of carbonyl (C=O) groups excluding carboxylic acids is 1. The van der Waals surface area contributed by atoms with Crippen molar-refractivity contribution in [1.29, 1.82) is 0 Å². The lowest BCUT2D eigenvalue weighted by molar-refractivity contribution is -0.274. The summed E-state index contributed by atoms with van der Waals surface area (Å²) >= 11 is 6.03. The number of amides is 1. The Hall–Kier alpha value is -2.21. The lowest BCUT2D eigenvalue weighted by Gasteiger charge is -2.16. The van der Waals surface area contributed by atoms with E-state index in [1.54, 1.807) is 30.3 Å². The number of hydrogen-bond acceptors (Lipinski definition) is 2. The first-order valence-corrected chi connectivity index (χ1v) is 6.13. The highest BCUT2D eigenvalue weighted by molar-refractivity contribution is 6.34. The van der Waals surface area contributed by atoms with E-state index in [1.165, 1.54) is 6.07 Å². The number of anilines is 1. The van der Waals surface area contributed by atoms with Crippen molar-refractivity contribution in [3.63, 3.8) is 0 Å². The van der Waals surface area contributed by atoms with Gasteiger partial charge < -0.3 is 10.1 Å². The van der Waals surface area contributed by atoms with Crippen LogP contribution in [0.2, 0.25) is 5.02 Å². The van der Waals surface area contributed by atoms with Gasteiger partial charge in [0.2, 0.25) is 6.41 Å². The summed E-state index contributed by atoms with van der Waals surface area (Å²) in [6.07, 6.45) is -4.53. The van der Waals surface area contributed by atoms with Crippen LogP contribution in [0.4, 0.5) is 18.9 Å². The Morgan fingerprint density at radius 1 is 1.14 bits per heavy atom. The molecule has 0 spiro atoms. The van der Waals surface area contributed by atoms with Gasteiger partial charge in [0, 0.05) is 17.3 Å². The molecular weight excluding hydrogens is 307 g/mol. The Morgan fingerprint density at radius 3 is 2.38 bits per heavy atom. The quantitative estimate of drug-likeness (QED) is 0.845. The number of halogens is 4. The van der Waals surface area contributed by atoms with Crippen molar-refractivity contribution < 1.29 is 22.7 Å². The van der Waals surface area contributed by atoms with E-state index in [9.17, 15) is 18.0 Å². The van der Waals surface area contributed by atoms with Crippen LogP contribution in [0.3, 0.4) is 0 Å². The van der Waals surface area contributed by atoms with Gasteiger partial charge in [0.1, 0.15) is 5.75 Å². The predicted octanol–water partition coefficient (Wildman–Crippen LogP) is 4.47. The van der Waals surface area contributed by atoms with Crippen LogP contribution < -0.4 is 10.1 Å². The highest BCUT2D eigenvalue weighted by Crippen LogP contribution is 2.41. The second kappa shape index (κ2) is 6.05. The smallest absolute Gasteiger partial charge is 0.405 e. The average molecular weight is 316 g/mol. The minimum absolute atomic E-state index is 0.0345. The maximum absolute atomic E-state index is 12.5. The summed E-state index contributed by atoms with van der Waals surface area (Å²) in [7, 11) is 0. The largest absolute Gasteiger partial charge is 0.573 e. The van der Waals surface area contributed by atoms with Crippen molar-refractivity contribution in [3.8, 4) is 16.9 Å². The highest BCUT2D eigenvalue weighted by atomic mass is 35.5. The van der Waals surface area contributed by atoms with Crippen molar-refractivity contribution in [3.05, 3.63) is 47.5 Å². The number of ether oxygens (including phenoxy) is 1. The second-order valence-corrected chi connectivity index (χ2v) is 4.41. The van der Waals surface area contributed by atoms with Crippen molar-refractivity contribution in [1.82, 2.24) is 0 Å². The third-order valence-electron chi connectivity index (χ3n) is 2.57. The molecule has 0 saturated carbocycles. The Morgan fingerprint density at radius 2 is 1.81 bits per heavy atom. The fraction of sp³-hybridized carbons (Fsp3) is 0.0714. The van der Waals surface area contributed by atoms with Crippen LogP contribution in [-0.4, -0.2) is 12.8 Å². The molecule has 7 heteroatoms. The molecule has 0 unspecified atom stereocenters. The van der Waals surface area contributed by atoms with Crippen LogP contribution in [0.15, 0.2) is 42.5 Å². The van der Waals surface area contributed by atoms with Gasteiger partial charge in [-0.3, -0.25) is 4.79 Å². The molecule has 21 heavy (non-hydrogen) atoms. The Labute approximate surface area is 123 Å². The lowest BCUT2D eigenvalue weighted by atomic mass is 10.0. The van der Waals surface area contributed by atoms with Crippen molar-refractivity contribution in [2.75, 3.05) is 5.32 Å². The minimum Gasteiger partial charge on any atom is -0.405 e. The normalized spacial score (nSPS) is 11.0. The van der Waals surface area contributed by atoms with Gasteiger partial charge in [-0.15, -0.1) is 13.2 Å². The molecule has 0 atom stereocenters. The number of alkyl halides is 3. The van der Waals surface area contributed by atoms with Gasteiger partial charge in [0.15, 0.2) is 0 Å². The summed E-state index contributed by atoms with van der Waals surface area (Å²) in [6.45, 7) is 0.